The Hall–Kier alpha value is -2.29. The van der Waals surface area contributed by atoms with Crippen LogP contribution in [0.25, 0.3) is 0 Å². The molecule has 0 saturated heterocycles. The molecule has 1 aliphatic rings. The van der Waals surface area contributed by atoms with E-state index in [1.165, 1.54) is 16.7 Å². The van der Waals surface area contributed by atoms with Crippen LogP contribution in [0.4, 0.5) is 0 Å². The molecule has 1 aliphatic carbocycles. The monoisotopic (exact) mass is 338 g/mol. The number of hydrogen-bond acceptors (Lipinski definition) is 2. The summed E-state index contributed by atoms with van der Waals surface area (Å²) in [5.41, 5.74) is 2.87. The molecular weight excluding hydrogens is 312 g/mol. The number of fused-ring (bicyclic) bond motifs is 1. The van der Waals surface area contributed by atoms with Gasteiger partial charge in [0, 0.05) is 0 Å². The first-order valence-electron chi connectivity index (χ1n) is 9.11. The zero-order chi connectivity index (χ0) is 17.9. The van der Waals surface area contributed by atoms with Gasteiger partial charge in [-0.15, -0.1) is 0 Å². The molecule has 2 aromatic rings. The summed E-state index contributed by atoms with van der Waals surface area (Å²) in [5, 5.41) is 9.50. The molecule has 3 heteroatoms. The van der Waals surface area contributed by atoms with Gasteiger partial charge >= 0.3 is 5.97 Å². The summed E-state index contributed by atoms with van der Waals surface area (Å²) in [6.07, 6.45) is 4.42. The fourth-order valence-electron chi connectivity index (χ4n) is 3.74. The first-order valence-corrected chi connectivity index (χ1v) is 9.11. The van der Waals surface area contributed by atoms with E-state index >= 15 is 0 Å². The second kappa shape index (κ2) is 7.30. The lowest BCUT2D eigenvalue weighted by Crippen LogP contribution is -2.41. The van der Waals surface area contributed by atoms with Crippen molar-refractivity contribution in [2.45, 2.75) is 57.5 Å². The van der Waals surface area contributed by atoms with E-state index in [1.807, 2.05) is 19.1 Å². The molecule has 0 amide bonds. The minimum Gasteiger partial charge on any atom is -0.478 e. The highest BCUT2D eigenvalue weighted by Gasteiger charge is 2.35. The molecule has 0 radical (unpaired) electrons. The molecule has 25 heavy (non-hydrogen) atoms. The normalized spacial score (nSPS) is 18.9. The molecule has 0 saturated carbocycles. The number of aryl methyl sites for hydroxylation is 1. The smallest absolute Gasteiger partial charge is 0.347 e. The van der Waals surface area contributed by atoms with Crippen molar-refractivity contribution in [3.8, 4) is 5.75 Å². The summed E-state index contributed by atoms with van der Waals surface area (Å²) in [5.74, 6) is 0.316. The van der Waals surface area contributed by atoms with E-state index in [2.05, 4.69) is 36.4 Å². The predicted octanol–water partition coefficient (Wildman–Crippen LogP) is 4.98. The van der Waals surface area contributed by atoms with Gasteiger partial charge in [0.15, 0.2) is 0 Å². The average Bonchev–Trinajstić information content (AvgIpc) is 2.62. The lowest BCUT2D eigenvalue weighted by atomic mass is 9.80. The fraction of sp³-hybridized carbons (Fsp3) is 0.409. The third-order valence-electron chi connectivity index (χ3n) is 5.20. The molecule has 2 aromatic carbocycles. The Balaban J connectivity index is 1.77. The summed E-state index contributed by atoms with van der Waals surface area (Å²) >= 11 is 0. The highest BCUT2D eigenvalue weighted by Crippen LogP contribution is 2.35. The van der Waals surface area contributed by atoms with Gasteiger partial charge in [-0.25, -0.2) is 4.79 Å². The van der Waals surface area contributed by atoms with Crippen LogP contribution in [0.1, 0.15) is 55.7 Å². The second-order valence-electron chi connectivity index (χ2n) is 7.17. The van der Waals surface area contributed by atoms with Crippen molar-refractivity contribution in [2.24, 2.45) is 0 Å². The van der Waals surface area contributed by atoms with Crippen molar-refractivity contribution in [2.75, 3.05) is 0 Å². The van der Waals surface area contributed by atoms with Crippen LogP contribution in [-0.2, 0) is 17.6 Å². The molecule has 3 rings (SSSR count). The van der Waals surface area contributed by atoms with Crippen molar-refractivity contribution in [3.05, 3.63) is 65.2 Å². The van der Waals surface area contributed by atoms with Crippen LogP contribution in [0.15, 0.2) is 48.5 Å². The minimum atomic E-state index is -1.16. The Morgan fingerprint density at radius 3 is 2.64 bits per heavy atom. The number of aliphatic carboxylic acids is 1. The van der Waals surface area contributed by atoms with Crippen molar-refractivity contribution >= 4 is 5.97 Å². The van der Waals surface area contributed by atoms with E-state index in [4.69, 9.17) is 4.74 Å². The third-order valence-corrected chi connectivity index (χ3v) is 5.20. The minimum absolute atomic E-state index is 0.496. The Bertz CT molecular complexity index is 738. The molecule has 132 valence electrons. The molecule has 1 N–H and O–H groups in total. The Morgan fingerprint density at radius 1 is 1.20 bits per heavy atom. The Labute approximate surface area is 149 Å². The van der Waals surface area contributed by atoms with E-state index in [0.717, 1.165) is 25.7 Å². The van der Waals surface area contributed by atoms with Crippen LogP contribution in [0.3, 0.4) is 0 Å². The van der Waals surface area contributed by atoms with E-state index in [9.17, 15) is 9.90 Å². The SMILES string of the molecule is CCCC(C)(Oc1ccc2c(c1)CCC(c1ccccc1)C2)C(=O)O. The molecule has 0 spiro atoms. The van der Waals surface area contributed by atoms with Crippen molar-refractivity contribution in [3.63, 3.8) is 0 Å². The van der Waals surface area contributed by atoms with Crippen molar-refractivity contribution in [1.29, 1.82) is 0 Å². The van der Waals surface area contributed by atoms with E-state index < -0.39 is 11.6 Å². The Morgan fingerprint density at radius 2 is 1.96 bits per heavy atom. The third kappa shape index (κ3) is 3.87. The fourth-order valence-corrected chi connectivity index (χ4v) is 3.74. The highest BCUT2D eigenvalue weighted by atomic mass is 16.5. The summed E-state index contributed by atoms with van der Waals surface area (Å²) in [7, 11) is 0. The van der Waals surface area contributed by atoms with Gasteiger partial charge in [0.25, 0.3) is 0 Å². The van der Waals surface area contributed by atoms with Crippen LogP contribution in [0.5, 0.6) is 5.75 Å². The molecule has 0 aromatic heterocycles. The van der Waals surface area contributed by atoms with Crippen molar-refractivity contribution in [1.82, 2.24) is 0 Å². The maximum atomic E-state index is 11.6. The summed E-state index contributed by atoms with van der Waals surface area (Å²) in [4.78, 5) is 11.6. The lowest BCUT2D eigenvalue weighted by Gasteiger charge is -2.28. The number of hydrogen-bond donors (Lipinski definition) is 1. The van der Waals surface area contributed by atoms with Crippen LogP contribution >= 0.6 is 0 Å². The second-order valence-corrected chi connectivity index (χ2v) is 7.17. The number of rotatable bonds is 6. The van der Waals surface area contributed by atoms with Gasteiger partial charge in [-0.1, -0.05) is 49.7 Å². The largest absolute Gasteiger partial charge is 0.478 e. The lowest BCUT2D eigenvalue weighted by molar-refractivity contribution is -0.154. The standard InChI is InChI=1S/C22H26O3/c1-3-13-22(2,21(23)24)25-20-12-11-18-14-17(9-10-19(18)15-20)16-7-5-4-6-8-16/h4-8,11-12,15,17H,3,9-10,13-14H2,1-2H3,(H,23,24). The van der Waals surface area contributed by atoms with Gasteiger partial charge < -0.3 is 9.84 Å². The topological polar surface area (TPSA) is 46.5 Å². The summed E-state index contributed by atoms with van der Waals surface area (Å²) in [6.45, 7) is 3.63. The highest BCUT2D eigenvalue weighted by molar-refractivity contribution is 5.77. The van der Waals surface area contributed by atoms with Gasteiger partial charge in [0.1, 0.15) is 5.75 Å². The van der Waals surface area contributed by atoms with E-state index in [-0.39, 0.29) is 0 Å². The summed E-state index contributed by atoms with van der Waals surface area (Å²) in [6, 6.07) is 16.7. The first kappa shape index (κ1) is 17.5. The number of ether oxygens (including phenoxy) is 1. The number of carboxylic acid groups (broad SMARTS) is 1. The molecule has 0 fully saturated rings. The van der Waals surface area contributed by atoms with Crippen molar-refractivity contribution < 1.29 is 14.6 Å². The molecule has 2 unspecified atom stereocenters. The number of benzene rings is 2. The number of carbonyl (C=O) groups is 1. The van der Waals surface area contributed by atoms with Crippen LogP contribution in [-0.4, -0.2) is 16.7 Å². The molecule has 2 atom stereocenters. The predicted molar refractivity (Wildman–Crippen MR) is 99.2 cm³/mol. The molecular formula is C22H26O3. The molecule has 0 heterocycles. The van der Waals surface area contributed by atoms with E-state index in [1.54, 1.807) is 6.92 Å². The average molecular weight is 338 g/mol. The Kier molecular flexibility index (Phi) is 5.12. The molecule has 3 nitrogen and oxygen atoms in total. The molecule has 0 aliphatic heterocycles. The quantitative estimate of drug-likeness (QED) is 0.808. The van der Waals surface area contributed by atoms with Gasteiger partial charge in [-0.05, 0) is 67.3 Å². The maximum Gasteiger partial charge on any atom is 0.347 e. The maximum absolute atomic E-state index is 11.6. The zero-order valence-corrected chi connectivity index (χ0v) is 15.0. The number of carboxylic acids is 1. The van der Waals surface area contributed by atoms with Gasteiger partial charge in [-0.2, -0.15) is 0 Å². The molecule has 0 bridgehead atoms. The van der Waals surface area contributed by atoms with Crippen LogP contribution < -0.4 is 4.74 Å². The summed E-state index contributed by atoms with van der Waals surface area (Å²) < 4.78 is 5.88. The first-order chi connectivity index (χ1) is 12.0. The van der Waals surface area contributed by atoms with Gasteiger partial charge in [0.05, 0.1) is 0 Å². The van der Waals surface area contributed by atoms with E-state index in [0.29, 0.717) is 18.1 Å². The zero-order valence-electron chi connectivity index (χ0n) is 15.0. The van der Waals surface area contributed by atoms with Crippen LogP contribution in [0.2, 0.25) is 0 Å². The van der Waals surface area contributed by atoms with Gasteiger partial charge in [-0.3, -0.25) is 0 Å². The van der Waals surface area contributed by atoms with Crippen LogP contribution in [0, 0.1) is 0 Å². The van der Waals surface area contributed by atoms with Gasteiger partial charge in [0.2, 0.25) is 5.60 Å².